The highest BCUT2D eigenvalue weighted by Gasteiger charge is 2.39. The highest BCUT2D eigenvalue weighted by atomic mass is 19.4. The number of nitrogens with zero attached hydrogens (tertiary/aromatic N) is 1. The Balaban J connectivity index is 0.000000263. The molecule has 2 heterocycles. The Morgan fingerprint density at radius 2 is 1.74 bits per heavy atom. The molecule has 4 rings (SSSR count). The third-order valence-electron chi connectivity index (χ3n) is 6.46. The second-order valence-electron chi connectivity index (χ2n) is 9.08. The van der Waals surface area contributed by atoms with Crippen molar-refractivity contribution in [2.75, 3.05) is 0 Å². The average Bonchev–Trinajstić information content (AvgIpc) is 3.12. The monoisotopic (exact) mass is 493 g/mol. The van der Waals surface area contributed by atoms with Crippen LogP contribution in [0.25, 0.3) is 0 Å². The summed E-state index contributed by atoms with van der Waals surface area (Å²) < 4.78 is 35.8. The van der Waals surface area contributed by atoms with Gasteiger partial charge in [-0.3, -0.25) is 24.5 Å². The van der Waals surface area contributed by atoms with Crippen LogP contribution in [0.4, 0.5) is 13.2 Å². The van der Waals surface area contributed by atoms with Crippen molar-refractivity contribution < 1.29 is 32.3 Å². The summed E-state index contributed by atoms with van der Waals surface area (Å²) in [7, 11) is 0. The van der Waals surface area contributed by atoms with Gasteiger partial charge in [-0.2, -0.15) is 13.2 Å². The number of piperidine rings is 1. The fraction of sp³-hybridized carbons (Fsp3) is 0.520. The minimum Gasteiger partial charge on any atom is -0.366 e. The molecule has 2 aliphatic heterocycles. The highest BCUT2D eigenvalue weighted by molar-refractivity contribution is 6.06. The number of primary amides is 1. The first-order valence-electron chi connectivity index (χ1n) is 11.4. The molecule has 3 aliphatic rings. The second-order valence-corrected chi connectivity index (χ2v) is 9.08. The first-order chi connectivity index (χ1) is 16.4. The average molecular weight is 494 g/mol. The second kappa shape index (κ2) is 11.9. The number of terminal acetylenes is 1. The van der Waals surface area contributed by atoms with Gasteiger partial charge in [0, 0.05) is 30.5 Å². The van der Waals surface area contributed by atoms with Gasteiger partial charge < -0.3 is 10.6 Å². The SMILES string of the molecule is C#C.CC1CCC(CC(F)(F)F)CC1.NC(=O)c1ccc2c(c1)CN(C1CCC(=O)NC1=O)C2=O. The van der Waals surface area contributed by atoms with Crippen LogP contribution in [0.1, 0.15) is 78.1 Å². The largest absolute Gasteiger partial charge is 0.389 e. The molecule has 0 aromatic heterocycles. The predicted octanol–water partition coefficient (Wildman–Crippen LogP) is 3.56. The summed E-state index contributed by atoms with van der Waals surface area (Å²) in [6.45, 7) is 2.35. The number of carbonyl (C=O) groups is 4. The van der Waals surface area contributed by atoms with E-state index in [2.05, 4.69) is 25.1 Å². The van der Waals surface area contributed by atoms with E-state index in [4.69, 9.17) is 5.73 Å². The van der Waals surface area contributed by atoms with Crippen LogP contribution in [0, 0.1) is 24.7 Å². The molecule has 2 fully saturated rings. The Morgan fingerprint density at radius 3 is 2.29 bits per heavy atom. The van der Waals surface area contributed by atoms with Crippen molar-refractivity contribution >= 4 is 23.6 Å². The van der Waals surface area contributed by atoms with Crippen LogP contribution in [-0.2, 0) is 16.1 Å². The maximum atomic E-state index is 12.3. The van der Waals surface area contributed by atoms with E-state index < -0.39 is 30.5 Å². The molecule has 35 heavy (non-hydrogen) atoms. The number of rotatable bonds is 3. The van der Waals surface area contributed by atoms with Crippen molar-refractivity contribution in [1.29, 1.82) is 0 Å². The number of benzene rings is 1. The first kappa shape index (κ1) is 27.9. The maximum absolute atomic E-state index is 12.3. The molecule has 4 amide bonds. The number of halogens is 3. The number of amides is 4. The van der Waals surface area contributed by atoms with Crippen molar-refractivity contribution in [3.8, 4) is 12.8 Å². The van der Waals surface area contributed by atoms with Crippen LogP contribution < -0.4 is 11.1 Å². The van der Waals surface area contributed by atoms with Gasteiger partial charge in [-0.05, 0) is 54.9 Å². The molecule has 1 aromatic carbocycles. The number of imide groups is 1. The van der Waals surface area contributed by atoms with Crippen LogP contribution >= 0.6 is 0 Å². The van der Waals surface area contributed by atoms with Gasteiger partial charge in [-0.15, -0.1) is 12.8 Å². The van der Waals surface area contributed by atoms with Crippen LogP contribution in [0.3, 0.4) is 0 Å². The summed E-state index contributed by atoms with van der Waals surface area (Å²) in [5.74, 6) is -1.07. The Labute approximate surface area is 202 Å². The topological polar surface area (TPSA) is 110 Å². The van der Waals surface area contributed by atoms with Crippen molar-refractivity contribution in [1.82, 2.24) is 10.2 Å². The van der Waals surface area contributed by atoms with Crippen LogP contribution in [-0.4, -0.2) is 40.7 Å². The molecule has 10 heteroatoms. The lowest BCUT2D eigenvalue weighted by Crippen LogP contribution is -2.52. The van der Waals surface area contributed by atoms with Crippen LogP contribution in [0.5, 0.6) is 0 Å². The minimum atomic E-state index is -3.95. The van der Waals surface area contributed by atoms with Crippen LogP contribution in [0.2, 0.25) is 0 Å². The molecule has 1 atom stereocenters. The summed E-state index contributed by atoms with van der Waals surface area (Å²) in [5.41, 5.74) is 6.67. The lowest BCUT2D eigenvalue weighted by Gasteiger charge is -2.29. The fourth-order valence-electron chi connectivity index (χ4n) is 4.59. The van der Waals surface area contributed by atoms with Crippen molar-refractivity contribution in [2.24, 2.45) is 17.6 Å². The fourth-order valence-corrected chi connectivity index (χ4v) is 4.59. The zero-order valence-corrected chi connectivity index (χ0v) is 19.6. The van der Waals surface area contributed by atoms with Gasteiger partial charge in [-0.1, -0.05) is 19.8 Å². The van der Waals surface area contributed by atoms with E-state index in [9.17, 15) is 32.3 Å². The van der Waals surface area contributed by atoms with Gasteiger partial charge in [0.25, 0.3) is 5.91 Å². The number of nitrogens with one attached hydrogen (secondary N) is 1. The summed E-state index contributed by atoms with van der Waals surface area (Å²) in [6, 6.07) is 3.96. The molecule has 0 bridgehead atoms. The summed E-state index contributed by atoms with van der Waals surface area (Å²) in [6.07, 6.45) is 7.48. The molecule has 0 radical (unpaired) electrons. The van der Waals surface area contributed by atoms with E-state index >= 15 is 0 Å². The Bertz CT molecular complexity index is 982. The van der Waals surface area contributed by atoms with Crippen molar-refractivity contribution in [3.05, 3.63) is 34.9 Å². The molecule has 1 aromatic rings. The maximum Gasteiger partial charge on any atom is 0.389 e. The van der Waals surface area contributed by atoms with Gasteiger partial charge >= 0.3 is 6.18 Å². The van der Waals surface area contributed by atoms with Gasteiger partial charge in [0.15, 0.2) is 0 Å². The number of hydrogen-bond acceptors (Lipinski definition) is 4. The lowest BCUT2D eigenvalue weighted by molar-refractivity contribution is -0.147. The van der Waals surface area contributed by atoms with E-state index in [-0.39, 0.29) is 30.7 Å². The molecule has 190 valence electrons. The lowest BCUT2D eigenvalue weighted by atomic mass is 9.81. The summed E-state index contributed by atoms with van der Waals surface area (Å²) in [4.78, 5) is 48.0. The summed E-state index contributed by atoms with van der Waals surface area (Å²) in [5, 5.41) is 2.24. The normalized spacial score (nSPS) is 23.8. The van der Waals surface area contributed by atoms with Gasteiger partial charge in [-0.25, -0.2) is 0 Å². The zero-order chi connectivity index (χ0) is 26.3. The zero-order valence-electron chi connectivity index (χ0n) is 19.6. The van der Waals surface area contributed by atoms with Crippen molar-refractivity contribution in [2.45, 2.75) is 70.6 Å². The summed E-state index contributed by atoms with van der Waals surface area (Å²) >= 11 is 0. The number of alkyl halides is 3. The van der Waals surface area contributed by atoms with E-state index in [1.54, 1.807) is 12.1 Å². The Hall–Kier alpha value is -3.35. The number of fused-ring (bicyclic) bond motifs is 1. The molecule has 1 aliphatic carbocycles. The van der Waals surface area contributed by atoms with Gasteiger partial charge in [0.2, 0.25) is 17.7 Å². The molecule has 1 saturated carbocycles. The Morgan fingerprint density at radius 1 is 1.11 bits per heavy atom. The van der Waals surface area contributed by atoms with E-state index in [1.165, 1.54) is 11.0 Å². The van der Waals surface area contributed by atoms with Crippen LogP contribution in [0.15, 0.2) is 18.2 Å². The molecule has 3 N–H and O–H groups in total. The predicted molar refractivity (Wildman–Crippen MR) is 123 cm³/mol. The van der Waals surface area contributed by atoms with E-state index in [1.807, 2.05) is 0 Å². The van der Waals surface area contributed by atoms with Gasteiger partial charge in [0.1, 0.15) is 6.04 Å². The molecule has 7 nitrogen and oxygen atoms in total. The smallest absolute Gasteiger partial charge is 0.366 e. The number of carbonyl (C=O) groups excluding carboxylic acids is 4. The number of hydrogen-bond donors (Lipinski definition) is 2. The molecule has 1 unspecified atom stereocenters. The van der Waals surface area contributed by atoms with E-state index in [0.717, 1.165) is 25.7 Å². The minimum absolute atomic E-state index is 0.0961. The number of nitrogens with two attached hydrogens (primary N) is 1. The molecular formula is C25H30F3N3O4. The standard InChI is InChI=1S/C14H13N3O4.C9H15F3.C2H2/c15-12(19)7-1-2-9-8(5-7)6-17(14(9)21)10-3-4-11(18)16-13(10)20;1-7-2-4-8(5-3-7)6-9(10,11)12;1-2/h1-2,5,10H,3-4,6H2,(H2,15,19)(H,16,18,20);7-8H,2-6H2,1H3;1-2H. The highest BCUT2D eigenvalue weighted by Crippen LogP contribution is 2.36. The van der Waals surface area contributed by atoms with Gasteiger partial charge in [0.05, 0.1) is 0 Å². The third-order valence-corrected chi connectivity index (χ3v) is 6.46. The Kier molecular flexibility index (Phi) is 9.46. The molecular weight excluding hydrogens is 463 g/mol. The molecule has 1 saturated heterocycles. The first-order valence-corrected chi connectivity index (χ1v) is 11.4. The third kappa shape index (κ3) is 7.57. The quantitative estimate of drug-likeness (QED) is 0.496. The molecule has 0 spiro atoms. The van der Waals surface area contributed by atoms with E-state index in [0.29, 0.717) is 29.0 Å². The van der Waals surface area contributed by atoms with Crippen molar-refractivity contribution in [3.63, 3.8) is 0 Å².